The maximum absolute atomic E-state index is 12.7. The molecule has 1 aromatic rings. The van der Waals surface area contributed by atoms with Crippen molar-refractivity contribution in [3.8, 4) is 11.8 Å². The lowest BCUT2D eigenvalue weighted by atomic mass is 10.1. The third-order valence-electron chi connectivity index (χ3n) is 1.58. The van der Waals surface area contributed by atoms with Crippen LogP contribution in [0.5, 0.6) is 0 Å². The van der Waals surface area contributed by atoms with Gasteiger partial charge in [-0.3, -0.25) is 0 Å². The van der Waals surface area contributed by atoms with E-state index in [2.05, 4.69) is 27.8 Å². The van der Waals surface area contributed by atoms with E-state index < -0.39 is 0 Å². The molecule has 0 aliphatic rings. The molecule has 2 N–H and O–H groups in total. The van der Waals surface area contributed by atoms with Crippen molar-refractivity contribution in [1.82, 2.24) is 0 Å². The smallest absolute Gasteiger partial charge is 0.123 e. The van der Waals surface area contributed by atoms with Crippen molar-refractivity contribution in [2.75, 3.05) is 5.33 Å². The Hall–Kier alpha value is -0.850. The Labute approximate surface area is 85.3 Å². The average molecular weight is 242 g/mol. The van der Waals surface area contributed by atoms with Gasteiger partial charge in [-0.1, -0.05) is 27.8 Å². The van der Waals surface area contributed by atoms with Crippen LogP contribution >= 0.6 is 15.9 Å². The summed E-state index contributed by atoms with van der Waals surface area (Å²) in [5.74, 6) is 5.47. The normalized spacial score (nSPS) is 9.15. The minimum Gasteiger partial charge on any atom is -0.326 e. The predicted molar refractivity (Wildman–Crippen MR) is 55.0 cm³/mol. The molecular formula is C10H9BrFN. The Kier molecular flexibility index (Phi) is 3.94. The van der Waals surface area contributed by atoms with Crippen molar-refractivity contribution in [2.24, 2.45) is 5.73 Å². The van der Waals surface area contributed by atoms with E-state index in [0.29, 0.717) is 11.9 Å². The summed E-state index contributed by atoms with van der Waals surface area (Å²) in [5, 5.41) is 0.606. The highest BCUT2D eigenvalue weighted by molar-refractivity contribution is 9.09. The van der Waals surface area contributed by atoms with Gasteiger partial charge in [0.25, 0.3) is 0 Å². The maximum Gasteiger partial charge on any atom is 0.123 e. The summed E-state index contributed by atoms with van der Waals surface area (Å²) in [6, 6.07) is 4.45. The van der Waals surface area contributed by atoms with E-state index in [1.54, 1.807) is 6.07 Å². The van der Waals surface area contributed by atoms with Crippen molar-refractivity contribution in [2.45, 2.75) is 6.54 Å². The first-order chi connectivity index (χ1) is 6.27. The fraction of sp³-hybridized carbons (Fsp3) is 0.200. The van der Waals surface area contributed by atoms with Gasteiger partial charge in [-0.05, 0) is 23.8 Å². The van der Waals surface area contributed by atoms with E-state index in [1.807, 2.05) is 0 Å². The van der Waals surface area contributed by atoms with Crippen LogP contribution in [0.4, 0.5) is 4.39 Å². The summed E-state index contributed by atoms with van der Waals surface area (Å²) in [6.45, 7) is 0.310. The molecule has 0 aromatic heterocycles. The number of nitrogens with two attached hydrogens (primary N) is 1. The molecule has 0 bridgehead atoms. The van der Waals surface area contributed by atoms with E-state index in [1.165, 1.54) is 12.1 Å². The topological polar surface area (TPSA) is 26.0 Å². The molecule has 0 spiro atoms. The molecule has 0 fully saturated rings. The quantitative estimate of drug-likeness (QED) is 0.591. The lowest BCUT2D eigenvalue weighted by Crippen LogP contribution is -2.00. The van der Waals surface area contributed by atoms with Gasteiger partial charge in [0.2, 0.25) is 0 Å². The van der Waals surface area contributed by atoms with Crippen LogP contribution in [0.1, 0.15) is 11.1 Å². The first-order valence-electron chi connectivity index (χ1n) is 3.81. The number of alkyl halides is 1. The summed E-state index contributed by atoms with van der Waals surface area (Å²) in [5.41, 5.74) is 6.98. The highest BCUT2D eigenvalue weighted by Gasteiger charge is 1.99. The highest BCUT2D eigenvalue weighted by Crippen LogP contribution is 2.09. The largest absolute Gasteiger partial charge is 0.326 e. The molecule has 0 atom stereocenters. The minimum absolute atomic E-state index is 0.273. The average Bonchev–Trinajstić information content (AvgIpc) is 2.16. The van der Waals surface area contributed by atoms with Gasteiger partial charge >= 0.3 is 0 Å². The Balaban J connectivity index is 3.06. The summed E-state index contributed by atoms with van der Waals surface area (Å²) >= 11 is 3.19. The van der Waals surface area contributed by atoms with Crippen LogP contribution in [0.3, 0.4) is 0 Å². The van der Waals surface area contributed by atoms with E-state index in [-0.39, 0.29) is 5.82 Å². The lowest BCUT2D eigenvalue weighted by molar-refractivity contribution is 0.625. The van der Waals surface area contributed by atoms with Crippen LogP contribution in [-0.2, 0) is 6.54 Å². The number of rotatable bonds is 1. The molecule has 1 rings (SSSR count). The monoisotopic (exact) mass is 241 g/mol. The molecule has 1 nitrogen and oxygen atoms in total. The molecule has 0 aliphatic heterocycles. The van der Waals surface area contributed by atoms with Crippen LogP contribution in [0.15, 0.2) is 18.2 Å². The predicted octanol–water partition coefficient (Wildman–Crippen LogP) is 2.03. The van der Waals surface area contributed by atoms with Gasteiger partial charge < -0.3 is 5.73 Å². The van der Waals surface area contributed by atoms with Crippen molar-refractivity contribution >= 4 is 15.9 Å². The zero-order chi connectivity index (χ0) is 9.68. The maximum atomic E-state index is 12.7. The van der Waals surface area contributed by atoms with Gasteiger partial charge in [-0.25, -0.2) is 4.39 Å². The van der Waals surface area contributed by atoms with Crippen LogP contribution in [-0.4, -0.2) is 5.33 Å². The van der Waals surface area contributed by atoms with E-state index in [0.717, 1.165) is 11.1 Å². The van der Waals surface area contributed by atoms with E-state index in [9.17, 15) is 4.39 Å². The molecule has 0 heterocycles. The van der Waals surface area contributed by atoms with Gasteiger partial charge in [-0.2, -0.15) is 0 Å². The highest BCUT2D eigenvalue weighted by atomic mass is 79.9. The molecule has 3 heteroatoms. The fourth-order valence-electron chi connectivity index (χ4n) is 0.982. The number of hydrogen-bond acceptors (Lipinski definition) is 1. The Morgan fingerprint density at radius 2 is 2.23 bits per heavy atom. The summed E-state index contributed by atoms with van der Waals surface area (Å²) in [6.07, 6.45) is 0. The minimum atomic E-state index is -0.273. The first kappa shape index (κ1) is 10.2. The Morgan fingerprint density at radius 3 is 2.85 bits per heavy atom. The standard InChI is InChI=1S/C10H9BrFN/c11-5-1-2-8-3-4-10(12)6-9(8)7-13/h3-4,6H,5,7,13H2. The third-order valence-corrected chi connectivity index (χ3v) is 1.86. The van der Waals surface area contributed by atoms with Gasteiger partial charge in [0.05, 0.1) is 5.33 Å². The number of halogens is 2. The summed E-state index contributed by atoms with van der Waals surface area (Å²) < 4.78 is 12.7. The molecule has 0 saturated carbocycles. The molecular weight excluding hydrogens is 233 g/mol. The van der Waals surface area contributed by atoms with E-state index in [4.69, 9.17) is 5.73 Å². The zero-order valence-corrected chi connectivity index (χ0v) is 8.57. The summed E-state index contributed by atoms with van der Waals surface area (Å²) in [4.78, 5) is 0. The van der Waals surface area contributed by atoms with Crippen molar-refractivity contribution in [3.05, 3.63) is 35.1 Å². The van der Waals surface area contributed by atoms with Gasteiger partial charge in [0, 0.05) is 12.1 Å². The molecule has 0 radical (unpaired) electrons. The molecule has 0 amide bonds. The summed E-state index contributed by atoms with van der Waals surface area (Å²) in [7, 11) is 0. The van der Waals surface area contributed by atoms with Crippen molar-refractivity contribution in [1.29, 1.82) is 0 Å². The molecule has 0 unspecified atom stereocenters. The molecule has 1 aromatic carbocycles. The van der Waals surface area contributed by atoms with Gasteiger partial charge in [0.1, 0.15) is 5.82 Å². The molecule has 68 valence electrons. The Morgan fingerprint density at radius 1 is 1.46 bits per heavy atom. The van der Waals surface area contributed by atoms with Crippen LogP contribution in [0.2, 0.25) is 0 Å². The molecule has 13 heavy (non-hydrogen) atoms. The number of hydrogen-bond donors (Lipinski definition) is 1. The van der Waals surface area contributed by atoms with Gasteiger partial charge in [-0.15, -0.1) is 0 Å². The molecule has 0 aliphatic carbocycles. The van der Waals surface area contributed by atoms with Crippen molar-refractivity contribution < 1.29 is 4.39 Å². The van der Waals surface area contributed by atoms with Crippen LogP contribution < -0.4 is 5.73 Å². The van der Waals surface area contributed by atoms with E-state index >= 15 is 0 Å². The number of benzene rings is 1. The van der Waals surface area contributed by atoms with Crippen LogP contribution in [0, 0.1) is 17.7 Å². The fourth-order valence-corrected chi connectivity index (χ4v) is 1.12. The van der Waals surface area contributed by atoms with Crippen molar-refractivity contribution in [3.63, 3.8) is 0 Å². The first-order valence-corrected chi connectivity index (χ1v) is 4.93. The second-order valence-electron chi connectivity index (χ2n) is 2.44. The zero-order valence-electron chi connectivity index (χ0n) is 6.98. The van der Waals surface area contributed by atoms with Gasteiger partial charge in [0.15, 0.2) is 0 Å². The SMILES string of the molecule is NCc1cc(F)ccc1C#CCBr. The second kappa shape index (κ2) is 5.00. The second-order valence-corrected chi connectivity index (χ2v) is 3.00. The Bertz CT molecular complexity index is 352. The lowest BCUT2D eigenvalue weighted by Gasteiger charge is -2.00. The molecule has 0 saturated heterocycles. The van der Waals surface area contributed by atoms with Crippen LogP contribution in [0.25, 0.3) is 0 Å². The third kappa shape index (κ3) is 2.83.